The molecule has 17 heavy (non-hydrogen) atoms. The Morgan fingerprint density at radius 3 is 2.88 bits per heavy atom. The van der Waals surface area contributed by atoms with Gasteiger partial charge < -0.3 is 9.47 Å². The predicted octanol–water partition coefficient (Wildman–Crippen LogP) is 1.69. The van der Waals surface area contributed by atoms with Crippen LogP contribution in [0.15, 0.2) is 12.2 Å². The van der Waals surface area contributed by atoms with Crippen LogP contribution in [0.5, 0.6) is 0 Å². The molecule has 1 aliphatic heterocycles. The van der Waals surface area contributed by atoms with Gasteiger partial charge in [-0.15, -0.1) is 0 Å². The fourth-order valence-corrected chi connectivity index (χ4v) is 2.83. The highest BCUT2D eigenvalue weighted by Gasteiger charge is 2.49. The average molecular weight is 238 g/mol. The largest absolute Gasteiger partial charge is 0.465 e. The van der Waals surface area contributed by atoms with Crippen LogP contribution in [-0.4, -0.2) is 24.6 Å². The SMILES string of the molecule is C=C(C)C(=O)OC1C(C)CC2C(=O)OCCC21. The Balaban J connectivity index is 2.09. The van der Waals surface area contributed by atoms with Gasteiger partial charge in [-0.25, -0.2) is 4.79 Å². The Hall–Kier alpha value is -1.32. The summed E-state index contributed by atoms with van der Waals surface area (Å²) in [6.07, 6.45) is 1.36. The molecule has 0 aromatic rings. The molecule has 0 amide bonds. The smallest absolute Gasteiger partial charge is 0.333 e. The number of fused-ring (bicyclic) bond motifs is 1. The van der Waals surface area contributed by atoms with Crippen molar-refractivity contribution in [2.75, 3.05) is 6.61 Å². The number of carbonyl (C=O) groups excluding carboxylic acids is 2. The Bertz CT molecular complexity index is 360. The highest BCUT2D eigenvalue weighted by molar-refractivity contribution is 5.87. The van der Waals surface area contributed by atoms with Crippen molar-refractivity contribution in [3.05, 3.63) is 12.2 Å². The highest BCUT2D eigenvalue weighted by Crippen LogP contribution is 2.43. The van der Waals surface area contributed by atoms with Crippen molar-refractivity contribution in [3.8, 4) is 0 Å². The van der Waals surface area contributed by atoms with Gasteiger partial charge in [0.2, 0.25) is 0 Å². The van der Waals surface area contributed by atoms with Crippen molar-refractivity contribution < 1.29 is 19.1 Å². The van der Waals surface area contributed by atoms with Gasteiger partial charge in [0.05, 0.1) is 12.5 Å². The van der Waals surface area contributed by atoms with Crippen molar-refractivity contribution in [3.63, 3.8) is 0 Å². The molecule has 0 aromatic carbocycles. The monoisotopic (exact) mass is 238 g/mol. The maximum Gasteiger partial charge on any atom is 0.333 e. The number of rotatable bonds is 2. The first-order valence-electron chi connectivity index (χ1n) is 6.04. The van der Waals surface area contributed by atoms with E-state index in [1.54, 1.807) is 6.92 Å². The number of ether oxygens (including phenoxy) is 2. The van der Waals surface area contributed by atoms with E-state index in [9.17, 15) is 9.59 Å². The molecule has 0 radical (unpaired) electrons. The molecule has 4 nitrogen and oxygen atoms in total. The molecule has 1 saturated heterocycles. The lowest BCUT2D eigenvalue weighted by atomic mass is 9.90. The third-order valence-corrected chi connectivity index (χ3v) is 3.72. The summed E-state index contributed by atoms with van der Waals surface area (Å²) < 4.78 is 10.5. The average Bonchev–Trinajstić information content (AvgIpc) is 2.58. The Morgan fingerprint density at radius 1 is 1.53 bits per heavy atom. The molecule has 1 saturated carbocycles. The molecule has 1 heterocycles. The highest BCUT2D eigenvalue weighted by atomic mass is 16.6. The molecule has 2 rings (SSSR count). The molecule has 0 spiro atoms. The fourth-order valence-electron chi connectivity index (χ4n) is 2.83. The maximum atomic E-state index is 11.6. The summed E-state index contributed by atoms with van der Waals surface area (Å²) in [5.74, 6) is -0.265. The molecule has 4 heteroatoms. The molecule has 94 valence electrons. The van der Waals surface area contributed by atoms with Gasteiger partial charge in [0.25, 0.3) is 0 Å². The minimum Gasteiger partial charge on any atom is -0.465 e. The van der Waals surface area contributed by atoms with E-state index in [0.29, 0.717) is 12.2 Å². The second-order valence-corrected chi connectivity index (χ2v) is 5.09. The molecule has 4 unspecified atom stereocenters. The van der Waals surface area contributed by atoms with Crippen molar-refractivity contribution in [2.45, 2.75) is 32.8 Å². The van der Waals surface area contributed by atoms with Crippen LogP contribution in [0, 0.1) is 17.8 Å². The zero-order valence-corrected chi connectivity index (χ0v) is 10.3. The maximum absolute atomic E-state index is 11.6. The van der Waals surface area contributed by atoms with Gasteiger partial charge in [-0.3, -0.25) is 4.79 Å². The Labute approximate surface area is 101 Å². The summed E-state index contributed by atoms with van der Waals surface area (Å²) in [7, 11) is 0. The first-order valence-corrected chi connectivity index (χ1v) is 6.04. The van der Waals surface area contributed by atoms with E-state index in [0.717, 1.165) is 12.8 Å². The van der Waals surface area contributed by atoms with Crippen molar-refractivity contribution in [1.29, 1.82) is 0 Å². The minimum absolute atomic E-state index is 0.0957. The summed E-state index contributed by atoms with van der Waals surface area (Å²) in [5.41, 5.74) is 0.402. The third kappa shape index (κ3) is 2.21. The number of hydrogen-bond donors (Lipinski definition) is 0. The zero-order chi connectivity index (χ0) is 12.6. The Kier molecular flexibility index (Phi) is 3.22. The number of hydrogen-bond acceptors (Lipinski definition) is 4. The standard InChI is InChI=1S/C13H18O4/c1-7(2)12(14)17-11-8(3)6-10-9(11)4-5-16-13(10)15/h8-11H,1,4-6H2,2-3H3. The number of carbonyl (C=O) groups is 2. The molecule has 4 atom stereocenters. The van der Waals surface area contributed by atoms with Crippen molar-refractivity contribution in [2.24, 2.45) is 17.8 Å². The fraction of sp³-hybridized carbons (Fsp3) is 0.692. The van der Waals surface area contributed by atoms with E-state index in [2.05, 4.69) is 6.58 Å². The van der Waals surface area contributed by atoms with Crippen LogP contribution in [0.4, 0.5) is 0 Å². The predicted molar refractivity (Wildman–Crippen MR) is 61.0 cm³/mol. The van der Waals surface area contributed by atoms with Gasteiger partial charge in [-0.2, -0.15) is 0 Å². The van der Waals surface area contributed by atoms with Gasteiger partial charge in [0.15, 0.2) is 0 Å². The van der Waals surface area contributed by atoms with E-state index in [1.165, 1.54) is 0 Å². The van der Waals surface area contributed by atoms with Crippen molar-refractivity contribution in [1.82, 2.24) is 0 Å². The molecular formula is C13H18O4. The van der Waals surface area contributed by atoms with Gasteiger partial charge in [-0.05, 0) is 25.7 Å². The van der Waals surface area contributed by atoms with Gasteiger partial charge in [0, 0.05) is 11.5 Å². The van der Waals surface area contributed by atoms with Gasteiger partial charge >= 0.3 is 11.9 Å². The van der Waals surface area contributed by atoms with Crippen LogP contribution in [0.3, 0.4) is 0 Å². The van der Waals surface area contributed by atoms with Crippen LogP contribution in [0.1, 0.15) is 26.7 Å². The third-order valence-electron chi connectivity index (χ3n) is 3.72. The lowest BCUT2D eigenvalue weighted by Gasteiger charge is -2.28. The second kappa shape index (κ2) is 4.51. The minimum atomic E-state index is -0.360. The summed E-state index contributed by atoms with van der Waals surface area (Å²) in [5, 5.41) is 0. The molecule has 1 aliphatic carbocycles. The molecular weight excluding hydrogens is 220 g/mol. The van der Waals surface area contributed by atoms with E-state index in [4.69, 9.17) is 9.47 Å². The first kappa shape index (κ1) is 12.1. The van der Waals surface area contributed by atoms with Crippen LogP contribution in [-0.2, 0) is 19.1 Å². The number of esters is 2. The van der Waals surface area contributed by atoms with E-state index >= 15 is 0 Å². The van der Waals surface area contributed by atoms with Gasteiger partial charge in [-0.1, -0.05) is 13.5 Å². The van der Waals surface area contributed by atoms with Crippen LogP contribution < -0.4 is 0 Å². The van der Waals surface area contributed by atoms with Crippen LogP contribution in [0.2, 0.25) is 0 Å². The van der Waals surface area contributed by atoms with E-state index in [-0.39, 0.29) is 35.8 Å². The topological polar surface area (TPSA) is 52.6 Å². The summed E-state index contributed by atoms with van der Waals surface area (Å²) in [6.45, 7) is 7.66. The van der Waals surface area contributed by atoms with E-state index < -0.39 is 0 Å². The number of cyclic esters (lactones) is 1. The molecule has 2 aliphatic rings. The Morgan fingerprint density at radius 2 is 2.24 bits per heavy atom. The lowest BCUT2D eigenvalue weighted by molar-refractivity contribution is -0.161. The lowest BCUT2D eigenvalue weighted by Crippen LogP contribution is -2.36. The van der Waals surface area contributed by atoms with Crippen LogP contribution in [0.25, 0.3) is 0 Å². The molecule has 2 fully saturated rings. The molecule has 0 aromatic heterocycles. The van der Waals surface area contributed by atoms with Crippen LogP contribution >= 0.6 is 0 Å². The van der Waals surface area contributed by atoms with Crippen molar-refractivity contribution >= 4 is 11.9 Å². The molecule has 0 bridgehead atoms. The normalized spacial score (nSPS) is 36.0. The van der Waals surface area contributed by atoms with E-state index in [1.807, 2.05) is 6.92 Å². The summed E-state index contributed by atoms with van der Waals surface area (Å²) >= 11 is 0. The summed E-state index contributed by atoms with van der Waals surface area (Å²) in [6, 6.07) is 0. The quantitative estimate of drug-likeness (QED) is 0.542. The van der Waals surface area contributed by atoms with Gasteiger partial charge in [0.1, 0.15) is 6.10 Å². The first-order chi connectivity index (χ1) is 8.00. The second-order valence-electron chi connectivity index (χ2n) is 5.09. The molecule has 0 N–H and O–H groups in total. The zero-order valence-electron chi connectivity index (χ0n) is 10.3. The summed E-state index contributed by atoms with van der Waals surface area (Å²) in [4.78, 5) is 23.2.